The van der Waals surface area contributed by atoms with Crippen molar-refractivity contribution in [1.82, 2.24) is 10.2 Å². The van der Waals surface area contributed by atoms with Crippen LogP contribution in [0.3, 0.4) is 0 Å². The Morgan fingerprint density at radius 2 is 1.76 bits per heavy atom. The fourth-order valence-corrected chi connectivity index (χ4v) is 1.97. The van der Waals surface area contributed by atoms with E-state index in [-0.39, 0.29) is 11.9 Å². The van der Waals surface area contributed by atoms with Crippen molar-refractivity contribution in [3.63, 3.8) is 0 Å². The summed E-state index contributed by atoms with van der Waals surface area (Å²) >= 11 is 0. The van der Waals surface area contributed by atoms with Crippen LogP contribution in [0.2, 0.25) is 0 Å². The van der Waals surface area contributed by atoms with Gasteiger partial charge in [-0.1, -0.05) is 25.5 Å². The van der Waals surface area contributed by atoms with Crippen LogP contribution >= 0.6 is 0 Å². The van der Waals surface area contributed by atoms with Gasteiger partial charge in [0.1, 0.15) is 0 Å². The van der Waals surface area contributed by atoms with E-state index in [1.54, 1.807) is 29.2 Å². The van der Waals surface area contributed by atoms with Crippen LogP contribution < -0.4 is 10.6 Å². The molecule has 1 aromatic rings. The minimum atomic E-state index is -0.186. The lowest BCUT2D eigenvalue weighted by Gasteiger charge is -2.20. The fraction of sp³-hybridized carbons (Fsp3) is 0.500. The number of nitrogens with zero attached hydrogens (tertiary/aromatic N) is 1. The van der Waals surface area contributed by atoms with Gasteiger partial charge < -0.3 is 15.5 Å². The lowest BCUT2D eigenvalue weighted by molar-refractivity contribution is 0.0954. The molecule has 0 aliphatic rings. The lowest BCUT2D eigenvalue weighted by Crippen LogP contribution is -2.35. The summed E-state index contributed by atoms with van der Waals surface area (Å²) in [5, 5.41) is 5.68. The quantitative estimate of drug-likeness (QED) is 0.758. The predicted molar refractivity (Wildman–Crippen MR) is 85.6 cm³/mol. The molecular formula is C16H25N3O2. The van der Waals surface area contributed by atoms with E-state index in [0.717, 1.165) is 12.8 Å². The van der Waals surface area contributed by atoms with E-state index in [1.165, 1.54) is 0 Å². The van der Waals surface area contributed by atoms with Crippen LogP contribution in [0.1, 0.15) is 44.0 Å². The molecule has 0 aliphatic carbocycles. The minimum absolute atomic E-state index is 0.154. The lowest BCUT2D eigenvalue weighted by atomic mass is 10.1. The molecule has 0 aromatic heterocycles. The molecule has 0 saturated carbocycles. The molecule has 3 amide bonds. The number of anilines is 1. The summed E-state index contributed by atoms with van der Waals surface area (Å²) in [5.74, 6) is -0.154. The maximum Gasteiger partial charge on any atom is 0.321 e. The number of nitrogens with one attached hydrogen (secondary N) is 2. The first-order valence-electron chi connectivity index (χ1n) is 7.57. The highest BCUT2D eigenvalue weighted by Crippen LogP contribution is 2.15. The average molecular weight is 291 g/mol. The zero-order valence-electron chi connectivity index (χ0n) is 13.1. The van der Waals surface area contributed by atoms with Crippen LogP contribution in [0.15, 0.2) is 24.3 Å². The van der Waals surface area contributed by atoms with Crippen molar-refractivity contribution in [2.45, 2.75) is 33.6 Å². The number of para-hydroxylation sites is 1. The van der Waals surface area contributed by atoms with Crippen molar-refractivity contribution in [1.29, 1.82) is 0 Å². The molecule has 2 N–H and O–H groups in total. The zero-order chi connectivity index (χ0) is 15.7. The molecule has 1 rings (SSSR count). The first-order chi connectivity index (χ1) is 10.1. The first-order valence-corrected chi connectivity index (χ1v) is 7.57. The standard InChI is InChI=1S/C16H25N3O2/c1-4-7-12-17-15(20)13-10-8-9-11-14(13)18-16(21)19(5-2)6-3/h8-11H,4-7,12H2,1-3H3,(H,17,20)(H,18,21). The third-order valence-electron chi connectivity index (χ3n) is 3.28. The molecule has 0 bridgehead atoms. The van der Waals surface area contributed by atoms with Gasteiger partial charge >= 0.3 is 6.03 Å². The molecule has 0 radical (unpaired) electrons. The van der Waals surface area contributed by atoms with Gasteiger partial charge in [-0.05, 0) is 32.4 Å². The molecule has 0 aliphatic heterocycles. The highest BCUT2D eigenvalue weighted by atomic mass is 16.2. The summed E-state index contributed by atoms with van der Waals surface area (Å²) in [7, 11) is 0. The number of amides is 3. The topological polar surface area (TPSA) is 61.4 Å². The van der Waals surface area contributed by atoms with E-state index in [2.05, 4.69) is 17.6 Å². The molecule has 1 aromatic carbocycles. The SMILES string of the molecule is CCCCNC(=O)c1ccccc1NC(=O)N(CC)CC. The molecule has 0 spiro atoms. The predicted octanol–water partition coefficient (Wildman–Crippen LogP) is 3.09. The number of unbranched alkanes of at least 4 members (excludes halogenated alkanes) is 1. The third-order valence-corrected chi connectivity index (χ3v) is 3.28. The second-order valence-corrected chi connectivity index (χ2v) is 4.76. The largest absolute Gasteiger partial charge is 0.352 e. The van der Waals surface area contributed by atoms with Gasteiger partial charge in [0.2, 0.25) is 0 Å². The minimum Gasteiger partial charge on any atom is -0.352 e. The summed E-state index contributed by atoms with van der Waals surface area (Å²) in [5.41, 5.74) is 1.04. The Hall–Kier alpha value is -2.04. The monoisotopic (exact) mass is 291 g/mol. The first kappa shape index (κ1) is 17.0. The molecule has 0 fully saturated rings. The molecule has 116 valence electrons. The van der Waals surface area contributed by atoms with Gasteiger partial charge in [0, 0.05) is 19.6 Å². The van der Waals surface area contributed by atoms with Crippen LogP contribution in [0.4, 0.5) is 10.5 Å². The number of rotatable bonds is 7. The summed E-state index contributed by atoms with van der Waals surface area (Å²) in [4.78, 5) is 25.9. The van der Waals surface area contributed by atoms with Gasteiger partial charge in [0.25, 0.3) is 5.91 Å². The molecule has 5 heteroatoms. The van der Waals surface area contributed by atoms with Crippen molar-refractivity contribution in [2.75, 3.05) is 25.0 Å². The van der Waals surface area contributed by atoms with Gasteiger partial charge in [0.05, 0.1) is 11.3 Å². The van der Waals surface area contributed by atoms with E-state index in [1.807, 2.05) is 13.8 Å². The molecule has 0 atom stereocenters. The van der Waals surface area contributed by atoms with Crippen molar-refractivity contribution in [2.24, 2.45) is 0 Å². The van der Waals surface area contributed by atoms with Crippen molar-refractivity contribution in [3.8, 4) is 0 Å². The van der Waals surface area contributed by atoms with E-state index < -0.39 is 0 Å². The Morgan fingerprint density at radius 1 is 1.10 bits per heavy atom. The summed E-state index contributed by atoms with van der Waals surface area (Å²) in [6.07, 6.45) is 1.97. The molecule has 5 nitrogen and oxygen atoms in total. The number of urea groups is 1. The number of carbonyl (C=O) groups excluding carboxylic acids is 2. The molecule has 21 heavy (non-hydrogen) atoms. The van der Waals surface area contributed by atoms with Crippen LogP contribution in [-0.4, -0.2) is 36.5 Å². The number of hydrogen-bond acceptors (Lipinski definition) is 2. The van der Waals surface area contributed by atoms with Crippen LogP contribution in [0.25, 0.3) is 0 Å². The second kappa shape index (κ2) is 9.00. The Morgan fingerprint density at radius 3 is 2.38 bits per heavy atom. The van der Waals surface area contributed by atoms with Gasteiger partial charge in [-0.3, -0.25) is 4.79 Å². The molecular weight excluding hydrogens is 266 g/mol. The highest BCUT2D eigenvalue weighted by Gasteiger charge is 2.15. The zero-order valence-corrected chi connectivity index (χ0v) is 13.1. The summed E-state index contributed by atoms with van der Waals surface area (Å²) < 4.78 is 0. The smallest absolute Gasteiger partial charge is 0.321 e. The number of hydrogen-bond donors (Lipinski definition) is 2. The normalized spacial score (nSPS) is 10.0. The fourth-order valence-electron chi connectivity index (χ4n) is 1.97. The Balaban J connectivity index is 2.79. The van der Waals surface area contributed by atoms with Crippen LogP contribution in [-0.2, 0) is 0 Å². The van der Waals surface area contributed by atoms with Crippen molar-refractivity contribution in [3.05, 3.63) is 29.8 Å². The molecule has 0 heterocycles. The van der Waals surface area contributed by atoms with Gasteiger partial charge in [-0.25, -0.2) is 4.79 Å². The van der Waals surface area contributed by atoms with Gasteiger partial charge in [-0.15, -0.1) is 0 Å². The van der Waals surface area contributed by atoms with Gasteiger partial charge in [-0.2, -0.15) is 0 Å². The van der Waals surface area contributed by atoms with E-state index in [0.29, 0.717) is 30.9 Å². The van der Waals surface area contributed by atoms with Gasteiger partial charge in [0.15, 0.2) is 0 Å². The van der Waals surface area contributed by atoms with Crippen molar-refractivity contribution < 1.29 is 9.59 Å². The third kappa shape index (κ3) is 5.10. The summed E-state index contributed by atoms with van der Waals surface area (Å²) in [6, 6.07) is 6.88. The van der Waals surface area contributed by atoms with E-state index in [4.69, 9.17) is 0 Å². The average Bonchev–Trinajstić information content (AvgIpc) is 2.49. The van der Waals surface area contributed by atoms with Crippen LogP contribution in [0.5, 0.6) is 0 Å². The molecule has 0 saturated heterocycles. The summed E-state index contributed by atoms with van der Waals surface area (Å²) in [6.45, 7) is 7.83. The van der Waals surface area contributed by atoms with E-state index in [9.17, 15) is 9.59 Å². The maximum atomic E-state index is 12.2. The second-order valence-electron chi connectivity index (χ2n) is 4.76. The Kier molecular flexibility index (Phi) is 7.29. The molecule has 0 unspecified atom stereocenters. The number of carbonyl (C=O) groups is 2. The Labute approximate surface area is 126 Å². The van der Waals surface area contributed by atoms with E-state index >= 15 is 0 Å². The Bertz CT molecular complexity index is 470. The van der Waals surface area contributed by atoms with Crippen molar-refractivity contribution >= 4 is 17.6 Å². The maximum absolute atomic E-state index is 12.2. The number of benzene rings is 1. The van der Waals surface area contributed by atoms with Crippen LogP contribution in [0, 0.1) is 0 Å². The highest BCUT2D eigenvalue weighted by molar-refractivity contribution is 6.03.